The van der Waals surface area contributed by atoms with Gasteiger partial charge in [-0.25, -0.2) is 9.97 Å². The fourth-order valence-electron chi connectivity index (χ4n) is 3.97. The van der Waals surface area contributed by atoms with Crippen LogP contribution in [0.4, 0.5) is 0 Å². The Bertz CT molecular complexity index is 1090. The lowest BCUT2D eigenvalue weighted by atomic mass is 10.2. The van der Waals surface area contributed by atoms with Crippen LogP contribution in [0.15, 0.2) is 35.7 Å². The SMILES string of the molecule is Cc1cc(-c2csc(Cc3nc4ccccc4s3)n2)c(C)n1C[C@@H]1CCCO1. The third-order valence-electron chi connectivity index (χ3n) is 5.45. The van der Waals surface area contributed by atoms with E-state index in [1.54, 1.807) is 22.7 Å². The average molecular weight is 410 g/mol. The number of hydrogen-bond acceptors (Lipinski definition) is 5. The minimum absolute atomic E-state index is 0.350. The summed E-state index contributed by atoms with van der Waals surface area (Å²) in [5.41, 5.74) is 5.96. The zero-order valence-electron chi connectivity index (χ0n) is 16.1. The van der Waals surface area contributed by atoms with Crippen molar-refractivity contribution in [3.63, 3.8) is 0 Å². The van der Waals surface area contributed by atoms with Crippen LogP contribution in [0.2, 0.25) is 0 Å². The third-order valence-corrected chi connectivity index (χ3v) is 7.34. The molecule has 1 aliphatic heterocycles. The van der Waals surface area contributed by atoms with Crippen LogP contribution in [0.5, 0.6) is 0 Å². The van der Waals surface area contributed by atoms with Crippen molar-refractivity contribution in [1.29, 1.82) is 0 Å². The van der Waals surface area contributed by atoms with Crippen LogP contribution in [-0.2, 0) is 17.7 Å². The minimum Gasteiger partial charge on any atom is -0.376 e. The van der Waals surface area contributed by atoms with E-state index in [0.29, 0.717) is 6.10 Å². The summed E-state index contributed by atoms with van der Waals surface area (Å²) in [5.74, 6) is 0. The summed E-state index contributed by atoms with van der Waals surface area (Å²) in [7, 11) is 0. The van der Waals surface area contributed by atoms with Crippen molar-refractivity contribution in [1.82, 2.24) is 14.5 Å². The van der Waals surface area contributed by atoms with Gasteiger partial charge in [0.2, 0.25) is 0 Å². The molecule has 0 saturated carbocycles. The molecule has 0 spiro atoms. The molecule has 28 heavy (non-hydrogen) atoms. The Morgan fingerprint density at radius 2 is 2.07 bits per heavy atom. The van der Waals surface area contributed by atoms with Crippen LogP contribution >= 0.6 is 22.7 Å². The minimum atomic E-state index is 0.350. The lowest BCUT2D eigenvalue weighted by molar-refractivity contribution is 0.0962. The molecule has 0 bridgehead atoms. The van der Waals surface area contributed by atoms with Gasteiger partial charge in [-0.2, -0.15) is 0 Å². The van der Waals surface area contributed by atoms with Gasteiger partial charge < -0.3 is 9.30 Å². The van der Waals surface area contributed by atoms with Gasteiger partial charge in [-0.1, -0.05) is 12.1 Å². The van der Waals surface area contributed by atoms with E-state index in [2.05, 4.69) is 48.1 Å². The molecule has 4 aromatic rings. The lowest BCUT2D eigenvalue weighted by Gasteiger charge is -2.14. The quantitative estimate of drug-likeness (QED) is 0.430. The van der Waals surface area contributed by atoms with Crippen molar-refractivity contribution in [2.45, 2.75) is 45.8 Å². The van der Waals surface area contributed by atoms with E-state index in [0.717, 1.165) is 47.2 Å². The van der Waals surface area contributed by atoms with Gasteiger partial charge in [0.05, 0.1) is 28.4 Å². The molecule has 0 radical (unpaired) electrons. The fourth-order valence-corrected chi connectivity index (χ4v) is 5.84. The Balaban J connectivity index is 1.38. The van der Waals surface area contributed by atoms with E-state index < -0.39 is 0 Å². The highest BCUT2D eigenvalue weighted by atomic mass is 32.1. The number of hydrogen-bond donors (Lipinski definition) is 0. The first-order chi connectivity index (χ1) is 13.7. The molecule has 1 aliphatic rings. The molecule has 1 aromatic carbocycles. The van der Waals surface area contributed by atoms with Gasteiger partial charge >= 0.3 is 0 Å². The van der Waals surface area contributed by atoms with Gasteiger partial charge in [-0.05, 0) is 44.9 Å². The van der Waals surface area contributed by atoms with E-state index in [9.17, 15) is 0 Å². The number of aromatic nitrogens is 3. The second-order valence-electron chi connectivity index (χ2n) is 7.41. The summed E-state index contributed by atoms with van der Waals surface area (Å²) in [4.78, 5) is 9.68. The maximum Gasteiger partial charge on any atom is 0.101 e. The third kappa shape index (κ3) is 3.41. The summed E-state index contributed by atoms with van der Waals surface area (Å²) in [5, 5.41) is 4.44. The van der Waals surface area contributed by atoms with Gasteiger partial charge in [-0.15, -0.1) is 22.7 Å². The molecule has 144 valence electrons. The Kier molecular flexibility index (Phi) is 4.78. The monoisotopic (exact) mass is 409 g/mol. The van der Waals surface area contributed by atoms with E-state index in [-0.39, 0.29) is 0 Å². The van der Waals surface area contributed by atoms with Crippen LogP contribution in [0, 0.1) is 13.8 Å². The fraction of sp³-hybridized carbons (Fsp3) is 0.364. The van der Waals surface area contributed by atoms with Gasteiger partial charge in [-0.3, -0.25) is 0 Å². The second-order valence-corrected chi connectivity index (χ2v) is 9.47. The molecule has 5 rings (SSSR count). The number of thiazole rings is 2. The molecule has 0 amide bonds. The number of fused-ring (bicyclic) bond motifs is 1. The first-order valence-corrected chi connectivity index (χ1v) is 11.4. The Labute approximate surface area is 172 Å². The average Bonchev–Trinajstić information content (AvgIpc) is 3.46. The van der Waals surface area contributed by atoms with Crippen LogP contribution in [-0.4, -0.2) is 27.2 Å². The maximum atomic E-state index is 5.84. The van der Waals surface area contributed by atoms with Crippen LogP contribution in [0.25, 0.3) is 21.5 Å². The predicted octanol–water partition coefficient (Wildman–Crippen LogP) is 5.61. The second kappa shape index (κ2) is 7.43. The van der Waals surface area contributed by atoms with Crippen molar-refractivity contribution in [3.8, 4) is 11.3 Å². The predicted molar refractivity (Wildman–Crippen MR) is 116 cm³/mol. The topological polar surface area (TPSA) is 39.9 Å². The first-order valence-electron chi connectivity index (χ1n) is 9.75. The summed E-state index contributed by atoms with van der Waals surface area (Å²) in [6, 6.07) is 10.6. The zero-order chi connectivity index (χ0) is 19.1. The number of rotatable bonds is 5. The summed E-state index contributed by atoms with van der Waals surface area (Å²) < 4.78 is 9.47. The van der Waals surface area contributed by atoms with Gasteiger partial charge in [0.25, 0.3) is 0 Å². The summed E-state index contributed by atoms with van der Waals surface area (Å²) in [6.07, 6.45) is 3.49. The number of para-hydroxylation sites is 1. The lowest BCUT2D eigenvalue weighted by Crippen LogP contribution is -2.16. The Morgan fingerprint density at radius 3 is 2.89 bits per heavy atom. The van der Waals surface area contributed by atoms with Crippen molar-refractivity contribution in [2.24, 2.45) is 0 Å². The van der Waals surface area contributed by atoms with Crippen molar-refractivity contribution in [2.75, 3.05) is 6.61 Å². The molecule has 1 saturated heterocycles. The largest absolute Gasteiger partial charge is 0.376 e. The normalized spacial score (nSPS) is 17.0. The van der Waals surface area contributed by atoms with Crippen molar-refractivity contribution in [3.05, 3.63) is 57.1 Å². The van der Waals surface area contributed by atoms with E-state index in [4.69, 9.17) is 14.7 Å². The van der Waals surface area contributed by atoms with Crippen LogP contribution in [0.1, 0.15) is 34.2 Å². The molecule has 4 nitrogen and oxygen atoms in total. The highest BCUT2D eigenvalue weighted by molar-refractivity contribution is 7.18. The Morgan fingerprint density at radius 1 is 1.18 bits per heavy atom. The molecular formula is C22H23N3OS2. The number of nitrogens with zero attached hydrogens (tertiary/aromatic N) is 3. The standard InChI is InChI=1S/C22H23N3OS2/c1-14-10-17(15(2)25(14)12-16-6-5-9-26-16)19-13-27-21(24-19)11-22-23-18-7-3-4-8-20(18)28-22/h3-4,7-8,10,13,16H,5-6,9,11-12H2,1-2H3/t16-/m0/s1. The number of ether oxygens (including phenoxy) is 1. The molecule has 0 N–H and O–H groups in total. The highest BCUT2D eigenvalue weighted by Crippen LogP contribution is 2.31. The van der Waals surface area contributed by atoms with Crippen LogP contribution in [0.3, 0.4) is 0 Å². The molecule has 3 aromatic heterocycles. The zero-order valence-corrected chi connectivity index (χ0v) is 17.8. The highest BCUT2D eigenvalue weighted by Gasteiger charge is 2.20. The summed E-state index contributed by atoms with van der Waals surface area (Å²) in [6.45, 7) is 6.22. The number of aryl methyl sites for hydroxylation is 1. The maximum absolute atomic E-state index is 5.84. The molecule has 0 unspecified atom stereocenters. The molecule has 1 atom stereocenters. The molecule has 6 heteroatoms. The van der Waals surface area contributed by atoms with Gasteiger partial charge in [0.15, 0.2) is 0 Å². The van der Waals surface area contributed by atoms with Crippen molar-refractivity contribution >= 4 is 32.9 Å². The van der Waals surface area contributed by atoms with Gasteiger partial charge in [0, 0.05) is 35.5 Å². The smallest absolute Gasteiger partial charge is 0.101 e. The van der Waals surface area contributed by atoms with E-state index >= 15 is 0 Å². The van der Waals surface area contributed by atoms with E-state index in [1.807, 2.05) is 6.07 Å². The van der Waals surface area contributed by atoms with Crippen LogP contribution < -0.4 is 0 Å². The first kappa shape index (κ1) is 18.0. The Hall–Kier alpha value is -2.02. The number of benzene rings is 1. The summed E-state index contributed by atoms with van der Waals surface area (Å²) >= 11 is 3.49. The molecular weight excluding hydrogens is 386 g/mol. The molecule has 4 heterocycles. The molecule has 1 fully saturated rings. The van der Waals surface area contributed by atoms with E-state index in [1.165, 1.54) is 28.1 Å². The van der Waals surface area contributed by atoms with Crippen molar-refractivity contribution < 1.29 is 4.74 Å². The van der Waals surface area contributed by atoms with Gasteiger partial charge in [0.1, 0.15) is 10.0 Å². The molecule has 0 aliphatic carbocycles.